The molecule has 0 bridgehead atoms. The maximum atomic E-state index is 13.9. The highest BCUT2D eigenvalue weighted by atomic mass is 19.1. The molecule has 0 heterocycles. The zero-order chi connectivity index (χ0) is 15.7. The van der Waals surface area contributed by atoms with Gasteiger partial charge in [0.25, 0.3) is 0 Å². The number of nitrogens with one attached hydrogen (secondary N) is 1. The van der Waals surface area contributed by atoms with E-state index in [1.165, 1.54) is 6.07 Å². The normalized spacial score (nSPS) is 26.4. The molecule has 116 valence electrons. The fourth-order valence-electron chi connectivity index (χ4n) is 3.61. The highest BCUT2D eigenvalue weighted by Crippen LogP contribution is 2.46. The van der Waals surface area contributed by atoms with E-state index in [9.17, 15) is 14.3 Å². The molecule has 3 nitrogen and oxygen atoms in total. The molecule has 0 aliphatic heterocycles. The zero-order valence-corrected chi connectivity index (χ0v) is 12.9. The van der Waals surface area contributed by atoms with Crippen LogP contribution in [0.5, 0.6) is 0 Å². The summed E-state index contributed by atoms with van der Waals surface area (Å²) in [5, 5.41) is 12.9. The summed E-state index contributed by atoms with van der Waals surface area (Å²) in [5.74, 6) is -1.34. The van der Waals surface area contributed by atoms with Crippen LogP contribution in [0.4, 0.5) is 10.1 Å². The smallest absolute Gasteiger partial charge is 0.329 e. The van der Waals surface area contributed by atoms with Crippen molar-refractivity contribution in [3.05, 3.63) is 30.1 Å². The van der Waals surface area contributed by atoms with Gasteiger partial charge in [-0.25, -0.2) is 9.18 Å². The van der Waals surface area contributed by atoms with Gasteiger partial charge >= 0.3 is 5.97 Å². The van der Waals surface area contributed by atoms with Gasteiger partial charge in [0, 0.05) is 0 Å². The topological polar surface area (TPSA) is 49.3 Å². The van der Waals surface area contributed by atoms with Gasteiger partial charge in [0.05, 0.1) is 5.69 Å². The Morgan fingerprint density at radius 2 is 2.00 bits per heavy atom. The fourth-order valence-corrected chi connectivity index (χ4v) is 3.61. The third kappa shape index (κ3) is 3.04. The van der Waals surface area contributed by atoms with Crippen LogP contribution in [-0.4, -0.2) is 16.6 Å². The maximum Gasteiger partial charge on any atom is 0.329 e. The minimum absolute atomic E-state index is 0.0455. The molecule has 1 aromatic rings. The summed E-state index contributed by atoms with van der Waals surface area (Å²) in [7, 11) is 0. The molecule has 4 heteroatoms. The van der Waals surface area contributed by atoms with Crippen LogP contribution in [0.25, 0.3) is 0 Å². The molecule has 2 unspecified atom stereocenters. The number of hydrogen-bond donors (Lipinski definition) is 2. The first-order chi connectivity index (χ1) is 9.77. The molecule has 1 saturated carbocycles. The van der Waals surface area contributed by atoms with Crippen LogP contribution < -0.4 is 5.32 Å². The molecular weight excluding hydrogens is 269 g/mol. The van der Waals surface area contributed by atoms with Crippen LogP contribution in [0, 0.1) is 17.2 Å². The highest BCUT2D eigenvalue weighted by molar-refractivity contribution is 5.83. The lowest BCUT2D eigenvalue weighted by Crippen LogP contribution is -2.58. The van der Waals surface area contributed by atoms with Gasteiger partial charge in [-0.15, -0.1) is 0 Å². The summed E-state index contributed by atoms with van der Waals surface area (Å²) >= 11 is 0. The lowest BCUT2D eigenvalue weighted by molar-refractivity contribution is -0.148. The number of aliphatic carboxylic acids is 1. The summed E-state index contributed by atoms with van der Waals surface area (Å²) in [4.78, 5) is 12.1. The van der Waals surface area contributed by atoms with Crippen molar-refractivity contribution in [1.29, 1.82) is 0 Å². The van der Waals surface area contributed by atoms with Crippen LogP contribution in [0.3, 0.4) is 0 Å². The number of anilines is 1. The van der Waals surface area contributed by atoms with Crippen LogP contribution in [-0.2, 0) is 4.79 Å². The Hall–Kier alpha value is -1.58. The molecule has 1 aliphatic carbocycles. The minimum Gasteiger partial charge on any atom is -0.479 e. The SMILES string of the molecule is CC(C)(C)C1CCCCC1(Nc1ccccc1F)C(=O)O. The average Bonchev–Trinajstić information content (AvgIpc) is 2.40. The molecule has 1 aromatic carbocycles. The van der Waals surface area contributed by atoms with Crippen molar-refractivity contribution >= 4 is 11.7 Å². The van der Waals surface area contributed by atoms with E-state index in [0.717, 1.165) is 19.3 Å². The van der Waals surface area contributed by atoms with E-state index in [2.05, 4.69) is 26.1 Å². The molecule has 2 atom stereocenters. The molecule has 0 saturated heterocycles. The predicted molar refractivity (Wildman–Crippen MR) is 81.8 cm³/mol. The lowest BCUT2D eigenvalue weighted by atomic mass is 9.62. The summed E-state index contributed by atoms with van der Waals surface area (Å²) in [5.41, 5.74) is -0.980. The monoisotopic (exact) mass is 293 g/mol. The number of carbonyl (C=O) groups is 1. The van der Waals surface area contributed by atoms with E-state index in [0.29, 0.717) is 6.42 Å². The first kappa shape index (κ1) is 15.8. The van der Waals surface area contributed by atoms with E-state index < -0.39 is 17.3 Å². The molecule has 1 aliphatic rings. The molecule has 0 radical (unpaired) electrons. The quantitative estimate of drug-likeness (QED) is 0.873. The van der Waals surface area contributed by atoms with Gasteiger partial charge in [-0.3, -0.25) is 0 Å². The van der Waals surface area contributed by atoms with Gasteiger partial charge in [-0.05, 0) is 36.3 Å². The molecule has 1 fully saturated rings. The van der Waals surface area contributed by atoms with Gasteiger partial charge in [0.15, 0.2) is 0 Å². The Balaban J connectivity index is 2.44. The van der Waals surface area contributed by atoms with Gasteiger partial charge in [-0.2, -0.15) is 0 Å². The number of benzene rings is 1. The van der Waals surface area contributed by atoms with E-state index in [1.54, 1.807) is 18.2 Å². The number of hydrogen-bond acceptors (Lipinski definition) is 2. The number of rotatable bonds is 3. The summed E-state index contributed by atoms with van der Waals surface area (Å²) in [6, 6.07) is 6.28. The number of halogens is 1. The lowest BCUT2D eigenvalue weighted by Gasteiger charge is -2.48. The van der Waals surface area contributed by atoms with Crippen molar-refractivity contribution in [1.82, 2.24) is 0 Å². The van der Waals surface area contributed by atoms with Crippen molar-refractivity contribution in [2.75, 3.05) is 5.32 Å². The van der Waals surface area contributed by atoms with Crippen molar-refractivity contribution in [3.63, 3.8) is 0 Å². The fraction of sp³-hybridized carbons (Fsp3) is 0.588. The summed E-state index contributed by atoms with van der Waals surface area (Å²) in [6.45, 7) is 6.18. The Labute approximate surface area is 125 Å². The van der Waals surface area contributed by atoms with Crippen LogP contribution in [0.1, 0.15) is 46.5 Å². The van der Waals surface area contributed by atoms with Crippen molar-refractivity contribution in [2.24, 2.45) is 11.3 Å². The Bertz CT molecular complexity index is 524. The van der Waals surface area contributed by atoms with E-state index in [4.69, 9.17) is 0 Å². The van der Waals surface area contributed by atoms with Crippen molar-refractivity contribution < 1.29 is 14.3 Å². The van der Waals surface area contributed by atoms with Gasteiger partial charge in [0.1, 0.15) is 11.4 Å². The van der Waals surface area contributed by atoms with Gasteiger partial charge in [-0.1, -0.05) is 45.7 Å². The largest absolute Gasteiger partial charge is 0.479 e. The first-order valence-corrected chi connectivity index (χ1v) is 7.53. The maximum absolute atomic E-state index is 13.9. The highest BCUT2D eigenvalue weighted by Gasteiger charge is 2.51. The number of carboxylic acid groups (broad SMARTS) is 1. The molecule has 2 N–H and O–H groups in total. The predicted octanol–water partition coefficient (Wildman–Crippen LogP) is 4.30. The number of para-hydroxylation sites is 1. The van der Waals surface area contributed by atoms with Crippen LogP contribution in [0.2, 0.25) is 0 Å². The summed E-state index contributed by atoms with van der Waals surface area (Å²) < 4.78 is 13.9. The van der Waals surface area contributed by atoms with Gasteiger partial charge in [0.2, 0.25) is 0 Å². The van der Waals surface area contributed by atoms with E-state index in [-0.39, 0.29) is 17.0 Å². The molecule has 2 rings (SSSR count). The first-order valence-electron chi connectivity index (χ1n) is 7.53. The Morgan fingerprint density at radius 3 is 2.57 bits per heavy atom. The average molecular weight is 293 g/mol. The minimum atomic E-state index is -1.10. The molecule has 0 spiro atoms. The molecular formula is C17H24FNO2. The van der Waals surface area contributed by atoms with Crippen LogP contribution in [0.15, 0.2) is 24.3 Å². The Morgan fingerprint density at radius 1 is 1.33 bits per heavy atom. The van der Waals surface area contributed by atoms with Crippen molar-refractivity contribution in [2.45, 2.75) is 52.0 Å². The van der Waals surface area contributed by atoms with Crippen LogP contribution >= 0.6 is 0 Å². The molecule has 0 aromatic heterocycles. The second kappa shape index (κ2) is 5.66. The second-order valence-electron chi connectivity index (χ2n) is 7.05. The number of carboxylic acids is 1. The summed E-state index contributed by atoms with van der Waals surface area (Å²) in [6.07, 6.45) is 3.24. The third-order valence-electron chi connectivity index (χ3n) is 4.57. The van der Waals surface area contributed by atoms with E-state index in [1.807, 2.05) is 0 Å². The zero-order valence-electron chi connectivity index (χ0n) is 12.9. The second-order valence-corrected chi connectivity index (χ2v) is 7.05. The molecule has 0 amide bonds. The standard InChI is InChI=1S/C17H24FNO2/c1-16(2,3)14-10-6-7-11-17(14,15(20)21)19-13-9-5-4-8-12(13)18/h4-5,8-9,14,19H,6-7,10-11H2,1-3H3,(H,20,21). The molecule has 21 heavy (non-hydrogen) atoms. The van der Waals surface area contributed by atoms with Gasteiger partial charge < -0.3 is 10.4 Å². The Kier molecular flexibility index (Phi) is 4.26. The third-order valence-corrected chi connectivity index (χ3v) is 4.57. The van der Waals surface area contributed by atoms with E-state index >= 15 is 0 Å². The van der Waals surface area contributed by atoms with Crippen molar-refractivity contribution in [3.8, 4) is 0 Å².